The van der Waals surface area contributed by atoms with E-state index in [9.17, 15) is 14.4 Å². The quantitative estimate of drug-likeness (QED) is 0.0485. The summed E-state index contributed by atoms with van der Waals surface area (Å²) in [4.78, 5) is 38.2. The Morgan fingerprint density at radius 2 is 1.34 bits per heavy atom. The van der Waals surface area contributed by atoms with Gasteiger partial charge in [-0.3, -0.25) is 9.59 Å². The Bertz CT molecular complexity index is 1770. The number of rotatable bonds is 14. The van der Waals surface area contributed by atoms with E-state index in [2.05, 4.69) is 15.8 Å². The van der Waals surface area contributed by atoms with Gasteiger partial charge in [0.15, 0.2) is 23.0 Å². The largest absolute Gasteiger partial charge is 0.490 e. The maximum atomic E-state index is 12.9. The fourth-order valence-corrected chi connectivity index (χ4v) is 4.33. The number of carbonyl (C=O) groups excluding carboxylic acids is 3. The van der Waals surface area contributed by atoms with Crippen molar-refractivity contribution in [3.8, 4) is 23.0 Å². The molecular formula is C36H34ClN3O7. The highest BCUT2D eigenvalue weighted by atomic mass is 35.5. The molecule has 0 fully saturated rings. The van der Waals surface area contributed by atoms with E-state index >= 15 is 0 Å². The number of nitrogens with one attached hydrogen (secondary N) is 2. The van der Waals surface area contributed by atoms with Gasteiger partial charge in [-0.05, 0) is 105 Å². The van der Waals surface area contributed by atoms with Crippen LogP contribution < -0.4 is 29.7 Å². The molecule has 0 bridgehead atoms. The van der Waals surface area contributed by atoms with E-state index in [1.807, 2.05) is 13.8 Å². The number of hydrazone groups is 1. The van der Waals surface area contributed by atoms with Crippen molar-refractivity contribution in [1.29, 1.82) is 0 Å². The number of anilines is 1. The molecule has 4 aromatic rings. The molecule has 4 aromatic carbocycles. The predicted molar refractivity (Wildman–Crippen MR) is 182 cm³/mol. The maximum absolute atomic E-state index is 12.9. The normalized spacial score (nSPS) is 10.9. The first-order valence-electron chi connectivity index (χ1n) is 14.9. The Labute approximate surface area is 277 Å². The Kier molecular flexibility index (Phi) is 12.5. The highest BCUT2D eigenvalue weighted by molar-refractivity contribution is 6.30. The average Bonchev–Trinajstić information content (AvgIpc) is 3.07. The molecule has 0 aliphatic rings. The van der Waals surface area contributed by atoms with Gasteiger partial charge >= 0.3 is 5.97 Å². The van der Waals surface area contributed by atoms with Crippen LogP contribution in [0.4, 0.5) is 5.69 Å². The number of halogens is 1. The summed E-state index contributed by atoms with van der Waals surface area (Å²) in [7, 11) is 0. The summed E-state index contributed by atoms with van der Waals surface area (Å²) in [6, 6.07) is 23.3. The van der Waals surface area contributed by atoms with Crippen LogP contribution in [0, 0.1) is 0 Å². The van der Waals surface area contributed by atoms with Crippen molar-refractivity contribution in [3.63, 3.8) is 0 Å². The smallest absolute Gasteiger partial charge is 0.336 e. The molecule has 0 aliphatic carbocycles. The van der Waals surface area contributed by atoms with Crippen molar-refractivity contribution in [2.75, 3.05) is 25.1 Å². The highest BCUT2D eigenvalue weighted by Gasteiger charge is 2.14. The van der Waals surface area contributed by atoms with Crippen LogP contribution in [0.25, 0.3) is 6.08 Å². The van der Waals surface area contributed by atoms with Crippen LogP contribution >= 0.6 is 11.6 Å². The van der Waals surface area contributed by atoms with Gasteiger partial charge in [-0.2, -0.15) is 5.10 Å². The molecule has 0 heterocycles. The molecule has 10 nitrogen and oxygen atoms in total. The van der Waals surface area contributed by atoms with Crippen molar-refractivity contribution in [2.24, 2.45) is 5.10 Å². The third-order valence-electron chi connectivity index (χ3n) is 6.33. The van der Waals surface area contributed by atoms with Crippen LogP contribution in [-0.2, 0) is 4.79 Å². The van der Waals surface area contributed by atoms with E-state index in [0.29, 0.717) is 58.9 Å². The van der Waals surface area contributed by atoms with E-state index in [1.165, 1.54) is 12.3 Å². The van der Waals surface area contributed by atoms with Crippen molar-refractivity contribution >= 4 is 47.4 Å². The summed E-state index contributed by atoms with van der Waals surface area (Å²) in [5.74, 6) is 0.151. The van der Waals surface area contributed by atoms with Crippen LogP contribution in [0.1, 0.15) is 52.6 Å². The van der Waals surface area contributed by atoms with Crippen LogP contribution in [0.2, 0.25) is 5.02 Å². The van der Waals surface area contributed by atoms with E-state index in [-0.39, 0.29) is 17.2 Å². The van der Waals surface area contributed by atoms with Crippen molar-refractivity contribution in [1.82, 2.24) is 5.43 Å². The lowest BCUT2D eigenvalue weighted by Crippen LogP contribution is -2.18. The number of nitrogens with zero attached hydrogens (tertiary/aromatic N) is 1. The third kappa shape index (κ3) is 10.2. The Morgan fingerprint density at radius 3 is 2.06 bits per heavy atom. The zero-order valence-corrected chi connectivity index (χ0v) is 26.9. The number of hydrogen-bond acceptors (Lipinski definition) is 8. The number of hydrogen-bond donors (Lipinski definition) is 2. The molecule has 4 rings (SSSR count). The second-order valence-electron chi connectivity index (χ2n) is 9.71. The molecule has 0 aliphatic heterocycles. The molecule has 0 radical (unpaired) electrons. The summed E-state index contributed by atoms with van der Waals surface area (Å²) in [6.45, 7) is 6.74. The van der Waals surface area contributed by atoms with Crippen LogP contribution in [0.5, 0.6) is 23.0 Å². The lowest BCUT2D eigenvalue weighted by molar-refractivity contribution is -0.129. The molecule has 2 amide bonds. The summed E-state index contributed by atoms with van der Waals surface area (Å²) < 4.78 is 22.3. The highest BCUT2D eigenvalue weighted by Crippen LogP contribution is 2.30. The van der Waals surface area contributed by atoms with Gasteiger partial charge in [-0.25, -0.2) is 10.2 Å². The Morgan fingerprint density at radius 1 is 0.702 bits per heavy atom. The van der Waals surface area contributed by atoms with Crippen molar-refractivity contribution in [3.05, 3.63) is 118 Å². The van der Waals surface area contributed by atoms with Gasteiger partial charge in [0.05, 0.1) is 26.0 Å². The minimum absolute atomic E-state index is 0.233. The zero-order chi connectivity index (χ0) is 33.6. The predicted octanol–water partition coefficient (Wildman–Crippen LogP) is 7.17. The number of esters is 1. The molecule has 242 valence electrons. The van der Waals surface area contributed by atoms with Crippen molar-refractivity contribution < 1.29 is 33.3 Å². The van der Waals surface area contributed by atoms with Gasteiger partial charge in [0.1, 0.15) is 0 Å². The van der Waals surface area contributed by atoms with E-state index in [0.717, 1.165) is 5.56 Å². The molecule has 0 unspecified atom stereocenters. The summed E-state index contributed by atoms with van der Waals surface area (Å²) >= 11 is 5.90. The fraction of sp³-hybridized carbons (Fsp3) is 0.167. The summed E-state index contributed by atoms with van der Waals surface area (Å²) in [5, 5.41) is 7.44. The van der Waals surface area contributed by atoms with Gasteiger partial charge in [-0.15, -0.1) is 0 Å². The molecule has 47 heavy (non-hydrogen) atoms. The van der Waals surface area contributed by atoms with Gasteiger partial charge in [0.2, 0.25) is 0 Å². The SMILES string of the molecule is CCOc1ccc(C(=O)Nc2cccc(C(=O)NN=Cc3ccc(OC(=O)/C=C/c4ccc(Cl)cc4)c(OCC)c3)c2)cc1OCC. The van der Waals surface area contributed by atoms with Crippen LogP contribution in [0.15, 0.2) is 96.1 Å². The minimum atomic E-state index is -0.581. The molecule has 0 spiro atoms. The van der Waals surface area contributed by atoms with Gasteiger partial charge in [0, 0.05) is 27.9 Å². The van der Waals surface area contributed by atoms with Gasteiger partial charge in [0.25, 0.3) is 11.8 Å². The van der Waals surface area contributed by atoms with Crippen LogP contribution in [-0.4, -0.2) is 43.8 Å². The molecule has 0 aromatic heterocycles. The van der Waals surface area contributed by atoms with Crippen LogP contribution in [0.3, 0.4) is 0 Å². The van der Waals surface area contributed by atoms with E-state index in [1.54, 1.807) is 97.9 Å². The van der Waals surface area contributed by atoms with Crippen molar-refractivity contribution in [2.45, 2.75) is 20.8 Å². The molecule has 0 saturated heterocycles. The fourth-order valence-electron chi connectivity index (χ4n) is 4.20. The van der Waals surface area contributed by atoms with E-state index < -0.39 is 11.9 Å². The topological polar surface area (TPSA) is 125 Å². The Hall–Kier alpha value is -5.61. The first kappa shape index (κ1) is 34.3. The number of carbonyl (C=O) groups is 3. The molecular weight excluding hydrogens is 622 g/mol. The van der Waals surface area contributed by atoms with Gasteiger partial charge in [-0.1, -0.05) is 29.8 Å². The average molecular weight is 656 g/mol. The summed E-state index contributed by atoms with van der Waals surface area (Å²) in [6.07, 6.45) is 4.36. The molecule has 11 heteroatoms. The molecule has 0 saturated carbocycles. The number of ether oxygens (including phenoxy) is 4. The molecule has 0 atom stereocenters. The second kappa shape index (κ2) is 17.2. The Balaban J connectivity index is 1.37. The second-order valence-corrected chi connectivity index (χ2v) is 10.1. The lowest BCUT2D eigenvalue weighted by atomic mass is 10.1. The first-order valence-corrected chi connectivity index (χ1v) is 15.2. The van der Waals surface area contributed by atoms with Gasteiger partial charge < -0.3 is 24.3 Å². The van der Waals surface area contributed by atoms with E-state index in [4.69, 9.17) is 30.5 Å². The monoisotopic (exact) mass is 655 g/mol. The third-order valence-corrected chi connectivity index (χ3v) is 6.58. The lowest BCUT2D eigenvalue weighted by Gasteiger charge is -2.12. The first-order chi connectivity index (χ1) is 22.8. The molecule has 2 N–H and O–H groups in total. The number of amides is 2. The summed E-state index contributed by atoms with van der Waals surface area (Å²) in [5.41, 5.74) is 4.94. The minimum Gasteiger partial charge on any atom is -0.490 e. The number of benzene rings is 4. The zero-order valence-electron chi connectivity index (χ0n) is 26.1. The maximum Gasteiger partial charge on any atom is 0.336 e. The standard InChI is InChI=1S/C36H34ClN3O7/c1-4-44-30-18-14-27(22-33(30)46-6-3)35(42)39-29-9-7-8-26(21-29)36(43)40-38-23-25-12-17-31(32(20-25)45-5-2)47-34(41)19-13-24-10-15-28(37)16-11-24/h7-23H,4-6H2,1-3H3,(H,39,42)(H,40,43)/b19-13+,38-23?.